The molecule has 8 nitrogen and oxygen atoms in total. The molecule has 0 fully saturated rings. The first-order valence-electron chi connectivity index (χ1n) is 12.6. The second-order valence-electron chi connectivity index (χ2n) is 9.73. The molecule has 4 rings (SSSR count). The summed E-state index contributed by atoms with van der Waals surface area (Å²) in [5, 5.41) is 9.86. The number of pyridine rings is 1. The maximum atomic E-state index is 13.6. The minimum atomic E-state index is -3.93. The van der Waals surface area contributed by atoms with Crippen molar-refractivity contribution in [3.8, 4) is 5.88 Å². The Bertz CT molecular complexity index is 1430. The van der Waals surface area contributed by atoms with Crippen LogP contribution < -0.4 is 4.74 Å². The lowest BCUT2D eigenvalue weighted by atomic mass is 10.00. The van der Waals surface area contributed by atoms with Gasteiger partial charge in [-0.3, -0.25) is 4.79 Å². The number of nitrogens with zero attached hydrogens (tertiary/aromatic N) is 3. The third kappa shape index (κ3) is 6.52. The van der Waals surface area contributed by atoms with Gasteiger partial charge in [0.2, 0.25) is 15.9 Å². The number of aliphatic hydroxyl groups excluding tert-OH is 1. The topological polar surface area (TPSA) is 100 Å². The zero-order valence-corrected chi connectivity index (χ0v) is 22.9. The van der Waals surface area contributed by atoms with Crippen LogP contribution in [0.25, 0.3) is 12.2 Å². The van der Waals surface area contributed by atoms with Gasteiger partial charge in [0.15, 0.2) is 0 Å². The molecule has 206 valence electrons. The van der Waals surface area contributed by atoms with E-state index in [1.807, 2.05) is 49.4 Å². The Morgan fingerprint density at radius 2 is 1.82 bits per heavy atom. The molecule has 2 heterocycles. The van der Waals surface area contributed by atoms with Crippen LogP contribution in [0, 0.1) is 11.7 Å². The zero-order valence-electron chi connectivity index (χ0n) is 22.1. The quantitative estimate of drug-likeness (QED) is 0.454. The molecule has 0 bridgehead atoms. The highest BCUT2D eigenvalue weighted by molar-refractivity contribution is 7.89. The van der Waals surface area contributed by atoms with Crippen molar-refractivity contribution in [1.29, 1.82) is 0 Å². The third-order valence-electron chi connectivity index (χ3n) is 6.77. The van der Waals surface area contributed by atoms with Crippen molar-refractivity contribution < 1.29 is 27.4 Å². The van der Waals surface area contributed by atoms with Crippen LogP contribution in [0.1, 0.15) is 35.3 Å². The molecular formula is C29H32FN3O5S. The molecule has 10 heteroatoms. The summed E-state index contributed by atoms with van der Waals surface area (Å²) >= 11 is 0. The summed E-state index contributed by atoms with van der Waals surface area (Å²) in [6, 6.07) is 15.5. The number of ether oxygens (including phenoxy) is 1. The molecular weight excluding hydrogens is 521 g/mol. The second kappa shape index (κ2) is 12.1. The average Bonchev–Trinajstić information content (AvgIpc) is 2.94. The van der Waals surface area contributed by atoms with Crippen LogP contribution in [-0.2, 0) is 10.0 Å². The van der Waals surface area contributed by atoms with E-state index >= 15 is 0 Å². The van der Waals surface area contributed by atoms with Crippen LogP contribution in [-0.4, -0.2) is 72.5 Å². The Balaban J connectivity index is 1.66. The molecule has 0 saturated carbocycles. The van der Waals surface area contributed by atoms with E-state index in [2.05, 4.69) is 4.98 Å². The van der Waals surface area contributed by atoms with E-state index in [9.17, 15) is 22.7 Å². The number of halogens is 1. The van der Waals surface area contributed by atoms with Gasteiger partial charge in [-0.05, 0) is 48.4 Å². The van der Waals surface area contributed by atoms with Gasteiger partial charge in [0.1, 0.15) is 17.5 Å². The Morgan fingerprint density at radius 3 is 2.49 bits per heavy atom. The SMILES string of the molecule is C[C@H]1CN([C@@H](C)CO)C(=O)c2cc(/C=C/c3ccccc3)cnc2O[C@H]1CN(C)S(=O)(=O)c1ccc(F)cc1. The van der Waals surface area contributed by atoms with Crippen LogP contribution >= 0.6 is 0 Å². The number of fused-ring (bicyclic) bond motifs is 1. The third-order valence-corrected chi connectivity index (χ3v) is 8.61. The summed E-state index contributed by atoms with van der Waals surface area (Å²) in [4.78, 5) is 19.6. The average molecular weight is 554 g/mol. The molecule has 0 saturated heterocycles. The zero-order chi connectivity index (χ0) is 28.2. The van der Waals surface area contributed by atoms with Crippen LogP contribution in [0.15, 0.2) is 71.8 Å². The van der Waals surface area contributed by atoms with Crippen molar-refractivity contribution in [2.45, 2.75) is 30.9 Å². The number of rotatable bonds is 8. The molecule has 0 aliphatic carbocycles. The molecule has 1 amide bonds. The largest absolute Gasteiger partial charge is 0.472 e. The molecule has 0 spiro atoms. The van der Waals surface area contributed by atoms with Crippen molar-refractivity contribution in [1.82, 2.24) is 14.2 Å². The van der Waals surface area contributed by atoms with Gasteiger partial charge in [-0.15, -0.1) is 0 Å². The molecule has 2 aromatic carbocycles. The van der Waals surface area contributed by atoms with Gasteiger partial charge < -0.3 is 14.7 Å². The summed E-state index contributed by atoms with van der Waals surface area (Å²) in [5.74, 6) is -1.07. The number of carbonyl (C=O) groups is 1. The van der Waals surface area contributed by atoms with E-state index in [-0.39, 0.29) is 47.9 Å². The summed E-state index contributed by atoms with van der Waals surface area (Å²) < 4.78 is 47.0. The first-order valence-corrected chi connectivity index (χ1v) is 14.1. The number of likely N-dealkylation sites (N-methyl/N-ethyl adjacent to an activating group) is 1. The fraction of sp³-hybridized carbons (Fsp3) is 0.310. The standard InChI is InChI=1S/C29H32FN3O5S/c1-20-17-33(21(2)19-34)29(35)26-15-23(10-9-22-7-5-4-6-8-22)16-31-28(26)38-27(20)18-32(3)39(36,37)25-13-11-24(30)12-14-25/h4-16,20-21,27,34H,17-19H2,1-3H3/b10-9+/t20-,21-,27-/m0/s1. The first kappa shape index (κ1) is 28.4. The lowest BCUT2D eigenvalue weighted by Gasteiger charge is -2.37. The number of aliphatic hydroxyl groups is 1. The number of benzene rings is 2. The lowest BCUT2D eigenvalue weighted by Crippen LogP contribution is -2.50. The van der Waals surface area contributed by atoms with Gasteiger partial charge in [-0.1, -0.05) is 49.4 Å². The van der Waals surface area contributed by atoms with Gasteiger partial charge in [-0.2, -0.15) is 4.31 Å². The fourth-order valence-electron chi connectivity index (χ4n) is 4.32. The van der Waals surface area contributed by atoms with Crippen molar-refractivity contribution in [2.75, 3.05) is 26.7 Å². The summed E-state index contributed by atoms with van der Waals surface area (Å²) in [5.41, 5.74) is 1.90. The summed E-state index contributed by atoms with van der Waals surface area (Å²) in [6.07, 6.45) is 4.68. The maximum Gasteiger partial charge on any atom is 0.259 e. The van der Waals surface area contributed by atoms with Crippen molar-refractivity contribution in [3.63, 3.8) is 0 Å². The van der Waals surface area contributed by atoms with Gasteiger partial charge in [0.05, 0.1) is 24.1 Å². The Hall–Kier alpha value is -3.60. The number of hydrogen-bond donors (Lipinski definition) is 1. The van der Waals surface area contributed by atoms with Crippen LogP contribution in [0.5, 0.6) is 5.88 Å². The number of aromatic nitrogens is 1. The number of sulfonamides is 1. The molecule has 3 atom stereocenters. The molecule has 0 unspecified atom stereocenters. The summed E-state index contributed by atoms with van der Waals surface area (Å²) in [7, 11) is -2.50. The molecule has 1 aliphatic rings. The Morgan fingerprint density at radius 1 is 1.15 bits per heavy atom. The molecule has 0 radical (unpaired) electrons. The van der Waals surface area contributed by atoms with Crippen molar-refractivity contribution >= 4 is 28.1 Å². The lowest BCUT2D eigenvalue weighted by molar-refractivity contribution is 0.0373. The monoisotopic (exact) mass is 553 g/mol. The van der Waals surface area contributed by atoms with Gasteiger partial charge in [-0.25, -0.2) is 17.8 Å². The van der Waals surface area contributed by atoms with Gasteiger partial charge in [0.25, 0.3) is 5.91 Å². The van der Waals surface area contributed by atoms with Crippen LogP contribution in [0.3, 0.4) is 0 Å². The van der Waals surface area contributed by atoms with E-state index in [1.165, 1.54) is 19.2 Å². The number of carbonyl (C=O) groups excluding carboxylic acids is 1. The van der Waals surface area contributed by atoms with Gasteiger partial charge in [0, 0.05) is 25.7 Å². The van der Waals surface area contributed by atoms with Crippen LogP contribution in [0.2, 0.25) is 0 Å². The molecule has 1 N–H and O–H groups in total. The molecule has 3 aromatic rings. The van der Waals surface area contributed by atoms with Crippen molar-refractivity contribution in [3.05, 3.63) is 89.4 Å². The van der Waals surface area contributed by atoms with Crippen LogP contribution in [0.4, 0.5) is 4.39 Å². The van der Waals surface area contributed by atoms with E-state index in [1.54, 1.807) is 24.1 Å². The van der Waals surface area contributed by atoms with E-state index < -0.39 is 28.0 Å². The smallest absolute Gasteiger partial charge is 0.259 e. The minimum absolute atomic E-state index is 0.0345. The van der Waals surface area contributed by atoms with Crippen molar-refractivity contribution in [2.24, 2.45) is 5.92 Å². The predicted molar refractivity (Wildman–Crippen MR) is 147 cm³/mol. The van der Waals surface area contributed by atoms with E-state index in [0.29, 0.717) is 5.56 Å². The predicted octanol–water partition coefficient (Wildman–Crippen LogP) is 3.93. The highest BCUT2D eigenvalue weighted by atomic mass is 32.2. The number of amides is 1. The normalized spacial score (nSPS) is 18.9. The molecule has 1 aliphatic heterocycles. The van der Waals surface area contributed by atoms with Gasteiger partial charge >= 0.3 is 0 Å². The minimum Gasteiger partial charge on any atom is -0.472 e. The maximum absolute atomic E-state index is 13.6. The molecule has 1 aromatic heterocycles. The number of hydrogen-bond acceptors (Lipinski definition) is 6. The molecule has 39 heavy (non-hydrogen) atoms. The first-order chi connectivity index (χ1) is 18.6. The van der Waals surface area contributed by atoms with E-state index in [0.717, 1.165) is 22.0 Å². The fourth-order valence-corrected chi connectivity index (χ4v) is 5.51. The highest BCUT2D eigenvalue weighted by Crippen LogP contribution is 2.28. The Kier molecular flexibility index (Phi) is 8.79. The highest BCUT2D eigenvalue weighted by Gasteiger charge is 2.35. The van der Waals surface area contributed by atoms with E-state index in [4.69, 9.17) is 4.74 Å². The second-order valence-corrected chi connectivity index (χ2v) is 11.8. The summed E-state index contributed by atoms with van der Waals surface area (Å²) in [6.45, 7) is 3.57. The Labute approximate surface area is 228 Å².